The Labute approximate surface area is 106 Å². The lowest BCUT2D eigenvalue weighted by Crippen LogP contribution is -1.95. The summed E-state index contributed by atoms with van der Waals surface area (Å²) in [4.78, 5) is 0.581. The maximum absolute atomic E-state index is 13.8. The summed E-state index contributed by atoms with van der Waals surface area (Å²) in [5.41, 5.74) is 3.60. The number of benzene rings is 2. The third-order valence-corrected chi connectivity index (χ3v) is 2.95. The Balaban J connectivity index is 2.44. The molecule has 17 heavy (non-hydrogen) atoms. The molecule has 0 bridgehead atoms. The highest BCUT2D eigenvalue weighted by Gasteiger charge is 2.06. The predicted molar refractivity (Wildman–Crippen MR) is 73.9 cm³/mol. The van der Waals surface area contributed by atoms with E-state index in [1.54, 1.807) is 13.0 Å². The van der Waals surface area contributed by atoms with E-state index in [-0.39, 0.29) is 5.82 Å². The lowest BCUT2D eigenvalue weighted by atomic mass is 10.0. The van der Waals surface area contributed by atoms with Gasteiger partial charge in [0.15, 0.2) is 0 Å². The molecule has 86 valence electrons. The Morgan fingerprint density at radius 2 is 1.59 bits per heavy atom. The van der Waals surface area contributed by atoms with Crippen LogP contribution >= 0.6 is 12.2 Å². The molecule has 0 unspecified atom stereocenters. The van der Waals surface area contributed by atoms with Gasteiger partial charge >= 0.3 is 0 Å². The summed E-state index contributed by atoms with van der Waals surface area (Å²) in [6, 6.07) is 13.2. The molecule has 0 saturated carbocycles. The molecule has 0 nitrogen and oxygen atoms in total. The van der Waals surface area contributed by atoms with Crippen molar-refractivity contribution in [2.24, 2.45) is 0 Å². The van der Waals surface area contributed by atoms with Crippen LogP contribution < -0.4 is 0 Å². The van der Waals surface area contributed by atoms with Gasteiger partial charge in [0.05, 0.1) is 0 Å². The van der Waals surface area contributed by atoms with Gasteiger partial charge < -0.3 is 0 Å². The van der Waals surface area contributed by atoms with Crippen LogP contribution in [0.5, 0.6) is 0 Å². The molecule has 0 aliphatic heterocycles. The number of halogens is 1. The second-order valence-electron chi connectivity index (χ2n) is 4.12. The van der Waals surface area contributed by atoms with Crippen molar-refractivity contribution in [3.05, 3.63) is 59.4 Å². The molecule has 2 heteroatoms. The van der Waals surface area contributed by atoms with Crippen molar-refractivity contribution in [1.29, 1.82) is 0 Å². The molecule has 0 radical (unpaired) electrons. The highest BCUT2D eigenvalue weighted by molar-refractivity contribution is 7.80. The van der Waals surface area contributed by atoms with Crippen LogP contribution in [-0.2, 0) is 0 Å². The number of rotatable bonds is 2. The third kappa shape index (κ3) is 2.59. The zero-order valence-corrected chi connectivity index (χ0v) is 10.6. The van der Waals surface area contributed by atoms with E-state index in [0.717, 1.165) is 11.1 Å². The zero-order chi connectivity index (χ0) is 12.4. The Morgan fingerprint density at radius 1 is 1.00 bits per heavy atom. The average Bonchev–Trinajstić information content (AvgIpc) is 2.29. The molecule has 0 heterocycles. The smallest absolute Gasteiger partial charge is 0.132 e. The van der Waals surface area contributed by atoms with Crippen LogP contribution in [0.3, 0.4) is 0 Å². The second-order valence-corrected chi connectivity index (χ2v) is 4.73. The summed E-state index contributed by atoms with van der Waals surface area (Å²) in [5, 5.41) is 0. The van der Waals surface area contributed by atoms with Crippen molar-refractivity contribution in [2.75, 3.05) is 0 Å². The monoisotopic (exact) mass is 244 g/mol. The number of hydrogen-bond donors (Lipinski definition) is 0. The van der Waals surface area contributed by atoms with Crippen LogP contribution in [0, 0.1) is 12.7 Å². The van der Waals surface area contributed by atoms with Crippen LogP contribution in [0.2, 0.25) is 0 Å². The summed E-state index contributed by atoms with van der Waals surface area (Å²) in [6.45, 7) is 3.77. The Bertz CT molecular complexity index is 556. The predicted octanol–water partition coefficient (Wildman–Crippen LogP) is 4.54. The highest BCUT2D eigenvalue weighted by atomic mass is 32.1. The minimum absolute atomic E-state index is 0.254. The van der Waals surface area contributed by atoms with Gasteiger partial charge in [-0.3, -0.25) is 0 Å². The number of aryl methyl sites for hydroxylation is 1. The van der Waals surface area contributed by atoms with Gasteiger partial charge in [0.2, 0.25) is 0 Å². The van der Waals surface area contributed by atoms with E-state index in [4.69, 9.17) is 12.2 Å². The quantitative estimate of drug-likeness (QED) is 0.552. The van der Waals surface area contributed by atoms with Crippen molar-refractivity contribution < 1.29 is 4.39 Å². The summed E-state index contributed by atoms with van der Waals surface area (Å²) < 4.78 is 13.8. The van der Waals surface area contributed by atoms with Crippen LogP contribution in [0.15, 0.2) is 42.5 Å². The molecule has 0 amide bonds. The van der Waals surface area contributed by atoms with Gasteiger partial charge in [0.1, 0.15) is 5.82 Å². The Hall–Kier alpha value is -1.54. The maximum Gasteiger partial charge on any atom is 0.132 e. The fraction of sp³-hybridized carbons (Fsp3) is 0.133. The van der Waals surface area contributed by atoms with Crippen LogP contribution in [0.1, 0.15) is 18.1 Å². The van der Waals surface area contributed by atoms with Crippen molar-refractivity contribution in [3.63, 3.8) is 0 Å². The first-order chi connectivity index (χ1) is 8.08. The fourth-order valence-electron chi connectivity index (χ4n) is 1.73. The number of thiocarbonyl (C=S) groups is 1. The SMILES string of the molecule is CC(=S)c1ccc(-c2ccc(C)cc2)cc1F. The molecule has 2 aromatic rings. The summed E-state index contributed by atoms with van der Waals surface area (Å²) in [5.74, 6) is -0.254. The first-order valence-electron chi connectivity index (χ1n) is 5.45. The Morgan fingerprint density at radius 3 is 2.12 bits per heavy atom. The van der Waals surface area contributed by atoms with Gasteiger partial charge in [-0.1, -0.05) is 54.2 Å². The van der Waals surface area contributed by atoms with Crippen molar-refractivity contribution in [1.82, 2.24) is 0 Å². The van der Waals surface area contributed by atoms with E-state index >= 15 is 0 Å². The zero-order valence-electron chi connectivity index (χ0n) is 9.83. The van der Waals surface area contributed by atoms with E-state index in [0.29, 0.717) is 10.4 Å². The molecule has 0 aromatic heterocycles. The molecule has 0 fully saturated rings. The fourth-order valence-corrected chi connectivity index (χ4v) is 1.89. The summed E-state index contributed by atoms with van der Waals surface area (Å²) >= 11 is 4.99. The maximum atomic E-state index is 13.8. The lowest BCUT2D eigenvalue weighted by molar-refractivity contribution is 0.626. The van der Waals surface area contributed by atoms with Gasteiger partial charge in [0.25, 0.3) is 0 Å². The molecule has 2 rings (SSSR count). The van der Waals surface area contributed by atoms with Crippen LogP contribution in [-0.4, -0.2) is 4.86 Å². The third-order valence-electron chi connectivity index (χ3n) is 2.73. The molecular formula is C15H13FS. The minimum atomic E-state index is -0.254. The second kappa shape index (κ2) is 4.76. The highest BCUT2D eigenvalue weighted by Crippen LogP contribution is 2.22. The molecule has 0 spiro atoms. The van der Waals surface area contributed by atoms with E-state index in [2.05, 4.69) is 0 Å². The average molecular weight is 244 g/mol. The normalized spacial score (nSPS) is 10.3. The van der Waals surface area contributed by atoms with Crippen molar-refractivity contribution in [3.8, 4) is 11.1 Å². The topological polar surface area (TPSA) is 0 Å². The standard InChI is InChI=1S/C15H13FS/c1-10-3-5-12(6-4-10)13-7-8-14(11(2)17)15(16)9-13/h3-9H,1-2H3. The lowest BCUT2D eigenvalue weighted by Gasteiger charge is -2.05. The van der Waals surface area contributed by atoms with E-state index < -0.39 is 0 Å². The van der Waals surface area contributed by atoms with Crippen LogP contribution in [0.4, 0.5) is 4.39 Å². The Kier molecular flexibility index (Phi) is 3.34. The molecule has 0 atom stereocenters. The largest absolute Gasteiger partial charge is 0.206 e. The molecule has 0 saturated heterocycles. The molecule has 0 N–H and O–H groups in total. The van der Waals surface area contributed by atoms with Gasteiger partial charge in [-0.15, -0.1) is 0 Å². The molecule has 0 aliphatic rings. The number of hydrogen-bond acceptors (Lipinski definition) is 1. The van der Waals surface area contributed by atoms with E-state index in [1.807, 2.05) is 37.3 Å². The molecule has 2 aromatic carbocycles. The van der Waals surface area contributed by atoms with E-state index in [9.17, 15) is 4.39 Å². The summed E-state index contributed by atoms with van der Waals surface area (Å²) in [6.07, 6.45) is 0. The summed E-state index contributed by atoms with van der Waals surface area (Å²) in [7, 11) is 0. The minimum Gasteiger partial charge on any atom is -0.206 e. The first-order valence-corrected chi connectivity index (χ1v) is 5.86. The van der Waals surface area contributed by atoms with Crippen molar-refractivity contribution >= 4 is 17.1 Å². The molecular weight excluding hydrogens is 231 g/mol. The van der Waals surface area contributed by atoms with Crippen molar-refractivity contribution in [2.45, 2.75) is 13.8 Å². The first kappa shape index (κ1) is 11.9. The van der Waals surface area contributed by atoms with E-state index in [1.165, 1.54) is 11.6 Å². The van der Waals surface area contributed by atoms with Gasteiger partial charge in [0, 0.05) is 10.4 Å². The van der Waals surface area contributed by atoms with Gasteiger partial charge in [-0.2, -0.15) is 0 Å². The van der Waals surface area contributed by atoms with Gasteiger partial charge in [-0.25, -0.2) is 4.39 Å². The van der Waals surface area contributed by atoms with Crippen LogP contribution in [0.25, 0.3) is 11.1 Å². The molecule has 0 aliphatic carbocycles. The van der Waals surface area contributed by atoms with Gasteiger partial charge in [-0.05, 0) is 31.0 Å².